The van der Waals surface area contributed by atoms with Crippen molar-refractivity contribution in [3.63, 3.8) is 0 Å². The van der Waals surface area contributed by atoms with Crippen molar-refractivity contribution in [1.82, 2.24) is 20.2 Å². The number of carbonyl (C=O) groups excluding carboxylic acids is 2. The fourth-order valence-corrected chi connectivity index (χ4v) is 6.37. The Labute approximate surface area is 215 Å². The molecule has 2 fully saturated rings. The summed E-state index contributed by atoms with van der Waals surface area (Å²) >= 11 is 0. The molecule has 1 aromatic heterocycles. The number of aromatic nitrogens is 2. The third-order valence-electron chi connectivity index (χ3n) is 8.06. The normalized spacial score (nSPS) is 26.5. The van der Waals surface area contributed by atoms with Crippen LogP contribution < -0.4 is 16.0 Å². The minimum absolute atomic E-state index is 0.00513. The third kappa shape index (κ3) is 4.54. The Bertz CT molecular complexity index is 1260. The van der Waals surface area contributed by atoms with Gasteiger partial charge in [0.1, 0.15) is 11.6 Å². The second kappa shape index (κ2) is 9.88. The van der Waals surface area contributed by atoms with E-state index in [1.807, 2.05) is 23.2 Å². The van der Waals surface area contributed by atoms with Crippen molar-refractivity contribution in [2.24, 2.45) is 11.8 Å². The highest BCUT2D eigenvalue weighted by Crippen LogP contribution is 2.51. The fraction of sp³-hybridized carbons (Fsp3) is 0.393. The van der Waals surface area contributed by atoms with Gasteiger partial charge in [-0.3, -0.25) is 4.79 Å². The minimum Gasteiger partial charge on any atom is -0.375 e. The molecule has 2 aliphatic heterocycles. The van der Waals surface area contributed by atoms with Crippen LogP contribution in [0.2, 0.25) is 0 Å². The second-order valence-electron chi connectivity index (χ2n) is 10.2. The number of urea groups is 1. The number of likely N-dealkylation sites (tertiary alicyclic amines) is 1. The van der Waals surface area contributed by atoms with Crippen LogP contribution in [0.3, 0.4) is 0 Å². The molecule has 37 heavy (non-hydrogen) atoms. The lowest BCUT2D eigenvalue weighted by Crippen LogP contribution is -2.51. The van der Waals surface area contributed by atoms with Crippen LogP contribution in [0.25, 0.3) is 0 Å². The molecule has 1 aliphatic carbocycles. The summed E-state index contributed by atoms with van der Waals surface area (Å²) in [5.74, 6) is 0.543. The van der Waals surface area contributed by atoms with Gasteiger partial charge in [-0.05, 0) is 55.2 Å². The van der Waals surface area contributed by atoms with Crippen molar-refractivity contribution >= 4 is 23.3 Å². The number of benzene rings is 2. The van der Waals surface area contributed by atoms with Gasteiger partial charge >= 0.3 is 6.03 Å². The van der Waals surface area contributed by atoms with Crippen LogP contribution in [-0.4, -0.2) is 39.4 Å². The quantitative estimate of drug-likeness (QED) is 0.404. The molecule has 3 aromatic rings. The molecule has 3 amide bonds. The molecule has 1 saturated heterocycles. The number of para-hydroxylation sites is 1. The molecule has 1 saturated carbocycles. The molecule has 5 atom stereocenters. The molecule has 192 valence electrons. The molecule has 8 nitrogen and oxygen atoms in total. The van der Waals surface area contributed by atoms with Crippen LogP contribution in [0.15, 0.2) is 60.9 Å². The molecule has 6 rings (SSSR count). The Kier molecular flexibility index (Phi) is 6.28. The smallest absolute Gasteiger partial charge is 0.319 e. The van der Waals surface area contributed by atoms with E-state index < -0.39 is 0 Å². The van der Waals surface area contributed by atoms with Crippen LogP contribution in [0.1, 0.15) is 55.6 Å². The van der Waals surface area contributed by atoms with Gasteiger partial charge in [0.15, 0.2) is 0 Å². The lowest BCUT2D eigenvalue weighted by atomic mass is 9.81. The van der Waals surface area contributed by atoms with Gasteiger partial charge in [-0.1, -0.05) is 31.0 Å². The van der Waals surface area contributed by atoms with Gasteiger partial charge in [0.25, 0.3) is 0 Å². The number of H-pyrrole nitrogens is 1. The molecule has 9 heteroatoms. The predicted octanol–water partition coefficient (Wildman–Crippen LogP) is 4.99. The Hall–Kier alpha value is -3.88. The highest BCUT2D eigenvalue weighted by atomic mass is 19.1. The van der Waals surface area contributed by atoms with E-state index >= 15 is 0 Å². The largest absolute Gasteiger partial charge is 0.375 e. The van der Waals surface area contributed by atoms with Gasteiger partial charge in [-0.25, -0.2) is 14.2 Å². The number of nitrogens with zero attached hydrogens (tertiary/aromatic N) is 2. The summed E-state index contributed by atoms with van der Waals surface area (Å²) in [6.45, 7) is 0.673. The molecule has 0 unspecified atom stereocenters. The first-order valence-electron chi connectivity index (χ1n) is 13.1. The zero-order valence-corrected chi connectivity index (χ0v) is 20.5. The van der Waals surface area contributed by atoms with Crippen LogP contribution in [0, 0.1) is 17.7 Å². The van der Waals surface area contributed by atoms with Crippen molar-refractivity contribution in [2.75, 3.05) is 17.2 Å². The van der Waals surface area contributed by atoms with Gasteiger partial charge in [0, 0.05) is 42.3 Å². The summed E-state index contributed by atoms with van der Waals surface area (Å²) in [6, 6.07) is 13.2. The number of anilines is 2. The van der Waals surface area contributed by atoms with E-state index in [0.29, 0.717) is 12.2 Å². The summed E-state index contributed by atoms with van der Waals surface area (Å²) in [5.41, 5.74) is 2.67. The van der Waals surface area contributed by atoms with E-state index in [9.17, 15) is 14.0 Å². The van der Waals surface area contributed by atoms with E-state index in [-0.39, 0.29) is 47.7 Å². The van der Waals surface area contributed by atoms with E-state index in [1.54, 1.807) is 6.20 Å². The first kappa shape index (κ1) is 23.5. The molecule has 2 aromatic carbocycles. The summed E-state index contributed by atoms with van der Waals surface area (Å²) in [6.07, 6.45) is 7.89. The lowest BCUT2D eigenvalue weighted by molar-refractivity contribution is -0.138. The van der Waals surface area contributed by atoms with E-state index in [4.69, 9.17) is 0 Å². The zero-order chi connectivity index (χ0) is 25.4. The second-order valence-corrected chi connectivity index (χ2v) is 10.2. The van der Waals surface area contributed by atoms with Gasteiger partial charge in [0.05, 0.1) is 18.0 Å². The monoisotopic (exact) mass is 502 g/mol. The van der Waals surface area contributed by atoms with Crippen LogP contribution in [0.5, 0.6) is 0 Å². The molecule has 4 N–H and O–H groups in total. The summed E-state index contributed by atoms with van der Waals surface area (Å²) in [5, 5.41) is 9.46. The van der Waals surface area contributed by atoms with Gasteiger partial charge in [-0.15, -0.1) is 0 Å². The average molecular weight is 503 g/mol. The number of rotatable bonds is 4. The molecule has 3 heterocycles. The Balaban J connectivity index is 1.22. The van der Waals surface area contributed by atoms with E-state index in [0.717, 1.165) is 49.2 Å². The van der Waals surface area contributed by atoms with Gasteiger partial charge < -0.3 is 25.8 Å². The maximum absolute atomic E-state index is 14.1. The number of fused-ring (bicyclic) bond motifs is 3. The number of imidazole rings is 1. The number of amides is 3. The first-order valence-corrected chi connectivity index (χ1v) is 13.1. The van der Waals surface area contributed by atoms with Gasteiger partial charge in [-0.2, -0.15) is 0 Å². The fourth-order valence-electron chi connectivity index (χ4n) is 6.37. The Morgan fingerprint density at radius 1 is 1.03 bits per heavy atom. The molecule has 3 aliphatic rings. The molecule has 0 bridgehead atoms. The number of halogens is 1. The third-order valence-corrected chi connectivity index (χ3v) is 8.06. The number of carbonyl (C=O) groups is 2. The van der Waals surface area contributed by atoms with Gasteiger partial charge in [0.2, 0.25) is 5.91 Å². The van der Waals surface area contributed by atoms with Crippen molar-refractivity contribution < 1.29 is 14.0 Å². The number of hydrogen-bond donors (Lipinski definition) is 4. The lowest BCUT2D eigenvalue weighted by Gasteiger charge is -2.41. The zero-order valence-electron chi connectivity index (χ0n) is 20.5. The maximum Gasteiger partial charge on any atom is 0.319 e. The van der Waals surface area contributed by atoms with Crippen LogP contribution >= 0.6 is 0 Å². The number of aromatic amines is 1. The van der Waals surface area contributed by atoms with Crippen molar-refractivity contribution in [2.45, 2.75) is 50.2 Å². The summed E-state index contributed by atoms with van der Waals surface area (Å²) in [4.78, 5) is 36.7. The first-order chi connectivity index (χ1) is 18.1. The van der Waals surface area contributed by atoms with Crippen molar-refractivity contribution in [1.29, 1.82) is 0 Å². The number of nitrogens with one attached hydrogen (secondary N) is 4. The standard InChI is InChI=1S/C28H31FN6O2/c29-17-9-11-18(12-10-17)32-28(37)34-23-8-4-2-6-20(23)27(36)35-16-13-21-24(26-30-14-15-31-26)33-22-7-3-1-5-19(22)25(21)35/h1,3,5,7,9-12,14-15,20-21,23-25,33H,2,4,6,8,13,16H2,(H,30,31)(H2,32,34,37)/t20-,21-,23+,24+,25-/m0/s1. The average Bonchev–Trinajstić information content (AvgIpc) is 3.61. The predicted molar refractivity (Wildman–Crippen MR) is 138 cm³/mol. The number of hydrogen-bond acceptors (Lipinski definition) is 4. The summed E-state index contributed by atoms with van der Waals surface area (Å²) in [7, 11) is 0. The van der Waals surface area contributed by atoms with Crippen molar-refractivity contribution in [3.05, 3.63) is 78.1 Å². The van der Waals surface area contributed by atoms with Crippen LogP contribution in [0.4, 0.5) is 20.6 Å². The highest BCUT2D eigenvalue weighted by molar-refractivity contribution is 5.90. The topological polar surface area (TPSA) is 102 Å². The van der Waals surface area contributed by atoms with Crippen LogP contribution in [-0.2, 0) is 4.79 Å². The molecular formula is C28H31FN6O2. The molecular weight excluding hydrogens is 471 g/mol. The van der Waals surface area contributed by atoms with Crippen molar-refractivity contribution in [3.8, 4) is 0 Å². The van der Waals surface area contributed by atoms with E-state index in [1.165, 1.54) is 24.3 Å². The summed E-state index contributed by atoms with van der Waals surface area (Å²) < 4.78 is 13.2. The Morgan fingerprint density at radius 3 is 2.65 bits per heavy atom. The minimum atomic E-state index is -0.374. The molecule has 0 spiro atoms. The maximum atomic E-state index is 14.1. The SMILES string of the molecule is O=C(Nc1ccc(F)cc1)N[C@@H]1CCCC[C@@H]1C(=O)N1CC[C@H]2[C@H](c3ncc[nH]3)Nc3ccccc3[C@@H]21. The van der Waals surface area contributed by atoms with E-state index in [2.05, 4.69) is 38.1 Å². The highest BCUT2D eigenvalue weighted by Gasteiger charge is 2.49. The molecule has 0 radical (unpaired) electrons. The Morgan fingerprint density at radius 2 is 1.84 bits per heavy atom.